The second kappa shape index (κ2) is 8.64. The van der Waals surface area contributed by atoms with E-state index >= 15 is 0 Å². The van der Waals surface area contributed by atoms with Crippen LogP contribution in [0.25, 0.3) is 11.1 Å². The monoisotopic (exact) mass is 480 g/mol. The summed E-state index contributed by atoms with van der Waals surface area (Å²) in [5.41, 5.74) is 7.88. The lowest BCUT2D eigenvalue weighted by atomic mass is 10.0. The minimum atomic E-state index is -0.643. The van der Waals surface area contributed by atoms with E-state index in [1.807, 2.05) is 36.4 Å². The third-order valence-corrected chi connectivity index (χ3v) is 7.09. The largest absolute Gasteiger partial charge is 0.334 e. The molecule has 1 fully saturated rings. The molecule has 0 spiro atoms. The Morgan fingerprint density at radius 1 is 0.917 bits per heavy atom. The van der Waals surface area contributed by atoms with Crippen molar-refractivity contribution in [3.8, 4) is 11.1 Å². The molecule has 6 rings (SSSR count). The first-order valence-electron chi connectivity index (χ1n) is 12.0. The summed E-state index contributed by atoms with van der Waals surface area (Å²) in [6.07, 6.45) is 1.40. The zero-order valence-electron chi connectivity index (χ0n) is 19.5. The van der Waals surface area contributed by atoms with Crippen molar-refractivity contribution in [2.75, 3.05) is 5.32 Å². The first-order chi connectivity index (χ1) is 17.5. The summed E-state index contributed by atoms with van der Waals surface area (Å²) in [4.78, 5) is 50.6. The number of benzene rings is 3. The van der Waals surface area contributed by atoms with Gasteiger partial charge in [0.05, 0.1) is 0 Å². The highest BCUT2D eigenvalue weighted by Gasteiger charge is 2.39. The van der Waals surface area contributed by atoms with E-state index < -0.39 is 11.9 Å². The number of carbonyl (C=O) groups is 4. The van der Waals surface area contributed by atoms with E-state index in [1.165, 1.54) is 27.2 Å². The molecule has 3 aromatic carbocycles. The van der Waals surface area contributed by atoms with Crippen molar-refractivity contribution in [3.05, 3.63) is 88.5 Å². The van der Waals surface area contributed by atoms with E-state index in [2.05, 4.69) is 28.1 Å². The van der Waals surface area contributed by atoms with Crippen LogP contribution in [-0.4, -0.2) is 34.7 Å². The molecule has 0 radical (unpaired) electrons. The van der Waals surface area contributed by atoms with Crippen LogP contribution >= 0.6 is 0 Å². The molecule has 1 saturated heterocycles. The minimum Gasteiger partial charge on any atom is -0.334 e. The van der Waals surface area contributed by atoms with Gasteiger partial charge in [-0.05, 0) is 64.4 Å². The van der Waals surface area contributed by atoms with Crippen molar-refractivity contribution >= 4 is 29.4 Å². The summed E-state index contributed by atoms with van der Waals surface area (Å²) in [7, 11) is 0. The van der Waals surface area contributed by atoms with Gasteiger partial charge in [-0.2, -0.15) is 0 Å². The van der Waals surface area contributed by atoms with Crippen LogP contribution in [0.1, 0.15) is 45.5 Å². The third kappa shape index (κ3) is 3.90. The van der Waals surface area contributed by atoms with Crippen LogP contribution in [0, 0.1) is 0 Å². The van der Waals surface area contributed by atoms with Crippen LogP contribution in [0.4, 0.5) is 10.5 Å². The molecule has 1 unspecified atom stereocenters. The first kappa shape index (κ1) is 22.0. The summed E-state index contributed by atoms with van der Waals surface area (Å²) in [6, 6.07) is 18.8. The van der Waals surface area contributed by atoms with E-state index in [1.54, 1.807) is 12.1 Å². The second-order valence-electron chi connectivity index (χ2n) is 9.40. The summed E-state index contributed by atoms with van der Waals surface area (Å²) in [5, 5.41) is 8.08. The van der Waals surface area contributed by atoms with Crippen molar-refractivity contribution in [3.63, 3.8) is 0 Å². The maximum Gasteiger partial charge on any atom is 0.319 e. The number of fused-ring (bicyclic) bond motifs is 4. The van der Waals surface area contributed by atoms with Gasteiger partial charge >= 0.3 is 6.03 Å². The van der Waals surface area contributed by atoms with E-state index in [4.69, 9.17) is 0 Å². The number of anilines is 1. The average molecular weight is 481 g/mol. The molecule has 0 bridgehead atoms. The maximum atomic E-state index is 12.8. The number of nitrogens with zero attached hydrogens (tertiary/aromatic N) is 1. The second-order valence-corrected chi connectivity index (χ2v) is 9.40. The van der Waals surface area contributed by atoms with Gasteiger partial charge in [0.2, 0.25) is 11.8 Å². The Labute approximate surface area is 207 Å². The molecule has 1 aliphatic carbocycles. The quantitative estimate of drug-likeness (QED) is 0.390. The molecule has 180 valence electrons. The number of urea groups is 1. The Bertz CT molecular complexity index is 1450. The first-order valence-corrected chi connectivity index (χ1v) is 12.0. The summed E-state index contributed by atoms with van der Waals surface area (Å²) >= 11 is 0. The highest BCUT2D eigenvalue weighted by Crippen LogP contribution is 2.37. The van der Waals surface area contributed by atoms with Gasteiger partial charge in [0, 0.05) is 30.8 Å². The van der Waals surface area contributed by atoms with Gasteiger partial charge in [-0.25, -0.2) is 4.79 Å². The minimum absolute atomic E-state index is 0.212. The molecular formula is C28H24N4O4. The summed E-state index contributed by atoms with van der Waals surface area (Å²) in [5.74, 6) is -0.950. The highest BCUT2D eigenvalue weighted by molar-refractivity contribution is 6.05. The zero-order chi connectivity index (χ0) is 24.8. The Morgan fingerprint density at radius 3 is 2.58 bits per heavy atom. The molecule has 5 amide bonds. The van der Waals surface area contributed by atoms with Crippen LogP contribution in [-0.2, 0) is 29.1 Å². The molecule has 3 N–H and O–H groups in total. The predicted octanol–water partition coefficient (Wildman–Crippen LogP) is 3.34. The van der Waals surface area contributed by atoms with Crippen LogP contribution in [0.3, 0.4) is 0 Å². The van der Waals surface area contributed by atoms with E-state index in [0.717, 1.165) is 23.2 Å². The van der Waals surface area contributed by atoms with Crippen molar-refractivity contribution < 1.29 is 19.2 Å². The van der Waals surface area contributed by atoms with E-state index in [0.29, 0.717) is 25.1 Å². The lowest BCUT2D eigenvalue weighted by Crippen LogP contribution is -2.52. The predicted molar refractivity (Wildman–Crippen MR) is 133 cm³/mol. The standard InChI is InChI=1S/C28H24N4O4/c33-25-10-9-24(26(34)31-25)32-15-19-11-16(5-7-23(19)27(32)35)14-29-28(36)30-20-6-8-22-18(13-20)12-17-3-1-2-4-21(17)22/h1-8,11,13,24H,9-10,12,14-15H2,(H2,29,30,36)(H,31,33,34). The van der Waals surface area contributed by atoms with Crippen molar-refractivity contribution in [1.82, 2.24) is 15.5 Å². The highest BCUT2D eigenvalue weighted by atomic mass is 16.2. The molecule has 2 heterocycles. The fourth-order valence-corrected chi connectivity index (χ4v) is 5.32. The zero-order valence-corrected chi connectivity index (χ0v) is 19.5. The van der Waals surface area contributed by atoms with Crippen LogP contribution < -0.4 is 16.0 Å². The number of hydrogen-bond donors (Lipinski definition) is 3. The molecule has 1 atom stereocenters. The fourth-order valence-electron chi connectivity index (χ4n) is 5.32. The molecule has 8 heteroatoms. The lowest BCUT2D eigenvalue weighted by molar-refractivity contribution is -0.136. The van der Waals surface area contributed by atoms with E-state index in [-0.39, 0.29) is 24.3 Å². The Balaban J connectivity index is 1.08. The van der Waals surface area contributed by atoms with Gasteiger partial charge in [-0.3, -0.25) is 19.7 Å². The van der Waals surface area contributed by atoms with Gasteiger partial charge in [0.1, 0.15) is 6.04 Å². The molecule has 0 saturated carbocycles. The molecular weight excluding hydrogens is 456 g/mol. The van der Waals surface area contributed by atoms with Crippen molar-refractivity contribution in [2.45, 2.75) is 38.4 Å². The van der Waals surface area contributed by atoms with Crippen LogP contribution in [0.2, 0.25) is 0 Å². The SMILES string of the molecule is O=C1CCC(N2Cc3cc(CNC(=O)Nc4ccc5c(c4)Cc4ccccc4-5)ccc3C2=O)C(=O)N1. The molecule has 36 heavy (non-hydrogen) atoms. The number of rotatable bonds is 4. The number of piperidine rings is 1. The normalized spacial score (nSPS) is 17.8. The Kier molecular flexibility index (Phi) is 5.29. The van der Waals surface area contributed by atoms with Crippen molar-refractivity contribution in [1.29, 1.82) is 0 Å². The maximum absolute atomic E-state index is 12.8. The number of amides is 5. The van der Waals surface area contributed by atoms with Gasteiger partial charge in [-0.15, -0.1) is 0 Å². The number of imide groups is 1. The smallest absolute Gasteiger partial charge is 0.319 e. The van der Waals surface area contributed by atoms with Crippen molar-refractivity contribution in [2.24, 2.45) is 0 Å². The molecule has 8 nitrogen and oxygen atoms in total. The molecule has 3 aromatic rings. The van der Waals surface area contributed by atoms with Crippen LogP contribution in [0.5, 0.6) is 0 Å². The Morgan fingerprint density at radius 2 is 1.72 bits per heavy atom. The summed E-state index contributed by atoms with van der Waals surface area (Å²) in [6.45, 7) is 0.597. The van der Waals surface area contributed by atoms with Gasteiger partial charge < -0.3 is 15.5 Å². The molecule has 0 aromatic heterocycles. The lowest BCUT2D eigenvalue weighted by Gasteiger charge is -2.29. The topological polar surface area (TPSA) is 108 Å². The van der Waals surface area contributed by atoms with E-state index in [9.17, 15) is 19.2 Å². The number of hydrogen-bond acceptors (Lipinski definition) is 4. The summed E-state index contributed by atoms with van der Waals surface area (Å²) < 4.78 is 0. The molecule has 3 aliphatic rings. The third-order valence-electron chi connectivity index (χ3n) is 7.09. The Hall–Kier alpha value is -4.46. The fraction of sp³-hybridized carbons (Fsp3) is 0.214. The van der Waals surface area contributed by atoms with Gasteiger partial charge in [0.25, 0.3) is 5.91 Å². The average Bonchev–Trinajstić information content (AvgIpc) is 3.39. The van der Waals surface area contributed by atoms with Gasteiger partial charge in [-0.1, -0.05) is 42.5 Å². The van der Waals surface area contributed by atoms with Gasteiger partial charge in [0.15, 0.2) is 0 Å². The molecule has 2 aliphatic heterocycles. The number of nitrogens with one attached hydrogen (secondary N) is 3. The van der Waals surface area contributed by atoms with Crippen LogP contribution in [0.15, 0.2) is 60.7 Å². The number of carbonyl (C=O) groups excluding carboxylic acids is 4.